The lowest BCUT2D eigenvalue weighted by Crippen LogP contribution is -2.28. The van der Waals surface area contributed by atoms with Crippen LogP contribution in [-0.2, 0) is 4.74 Å². The number of aromatic carboxylic acids is 1. The summed E-state index contributed by atoms with van der Waals surface area (Å²) >= 11 is 0. The van der Waals surface area contributed by atoms with Gasteiger partial charge in [-0.05, 0) is 26.8 Å². The maximum atomic E-state index is 11.7. The van der Waals surface area contributed by atoms with Crippen molar-refractivity contribution in [3.05, 3.63) is 17.7 Å². The topological polar surface area (TPSA) is 84.9 Å². The van der Waals surface area contributed by atoms with Crippen molar-refractivity contribution in [3.63, 3.8) is 0 Å². The van der Waals surface area contributed by atoms with Gasteiger partial charge in [0.25, 0.3) is 0 Å². The van der Waals surface area contributed by atoms with Crippen LogP contribution in [0.2, 0.25) is 0 Å². The monoisotopic (exact) mass is 277 g/mol. The van der Waals surface area contributed by atoms with E-state index in [1.165, 1.54) is 19.2 Å². The Morgan fingerprint density at radius 2 is 1.90 bits per heavy atom. The molecule has 0 atom stereocenters. The average Bonchev–Trinajstić information content (AvgIpc) is 2.27. The Balaban J connectivity index is 3.13. The second-order valence-corrected chi connectivity index (χ2v) is 5.04. The number of carbonyl (C=O) groups excluding carboxylic acids is 1. The van der Waals surface area contributed by atoms with Crippen molar-refractivity contribution >= 4 is 31.1 Å². The van der Waals surface area contributed by atoms with Crippen molar-refractivity contribution in [2.24, 2.45) is 0 Å². The number of hydrogen-bond acceptors (Lipinski definition) is 4. The van der Waals surface area contributed by atoms with Crippen LogP contribution in [0.1, 0.15) is 31.1 Å². The first kappa shape index (κ1) is 15.9. The van der Waals surface area contributed by atoms with Gasteiger partial charge in [-0.15, -0.1) is 0 Å². The van der Waals surface area contributed by atoms with Crippen molar-refractivity contribution in [3.8, 4) is 5.75 Å². The molecule has 1 rings (SSSR count). The molecule has 0 fully saturated rings. The van der Waals surface area contributed by atoms with E-state index in [1.807, 2.05) is 0 Å². The lowest BCUT2D eigenvalue weighted by Gasteiger charge is -2.20. The Morgan fingerprint density at radius 3 is 2.35 bits per heavy atom. The molecule has 0 spiro atoms. The first-order valence-electron chi connectivity index (χ1n) is 5.85. The minimum atomic E-state index is -1.26. The van der Waals surface area contributed by atoms with Crippen LogP contribution < -0.4 is 15.5 Å². The highest BCUT2D eigenvalue weighted by atomic mass is 16.6. The average molecular weight is 277 g/mol. The molecule has 0 heterocycles. The van der Waals surface area contributed by atoms with Gasteiger partial charge in [0.15, 0.2) is 0 Å². The molecule has 106 valence electrons. The van der Waals surface area contributed by atoms with E-state index in [0.29, 0.717) is 0 Å². The van der Waals surface area contributed by atoms with Gasteiger partial charge in [-0.1, -0.05) is 11.5 Å². The zero-order valence-corrected chi connectivity index (χ0v) is 11.8. The Morgan fingerprint density at radius 1 is 1.30 bits per heavy atom. The highest BCUT2D eigenvalue weighted by Gasteiger charge is 2.22. The van der Waals surface area contributed by atoms with E-state index >= 15 is 0 Å². The van der Waals surface area contributed by atoms with Crippen LogP contribution in [0.4, 0.5) is 10.5 Å². The molecule has 2 N–H and O–H groups in total. The van der Waals surface area contributed by atoms with Gasteiger partial charge in [0.05, 0.1) is 12.8 Å². The molecule has 7 heteroatoms. The molecule has 0 saturated carbocycles. The van der Waals surface area contributed by atoms with Gasteiger partial charge in [0.1, 0.15) is 24.8 Å². The number of rotatable bonds is 3. The maximum absolute atomic E-state index is 11.7. The molecular weight excluding hydrogens is 261 g/mol. The van der Waals surface area contributed by atoms with E-state index in [1.54, 1.807) is 20.8 Å². The molecule has 1 aromatic carbocycles. The molecule has 6 nitrogen and oxygen atoms in total. The third-order valence-electron chi connectivity index (χ3n) is 2.24. The summed E-state index contributed by atoms with van der Waals surface area (Å²) in [7, 11) is 6.94. The number of amides is 1. The van der Waals surface area contributed by atoms with Crippen molar-refractivity contribution < 1.29 is 24.2 Å². The number of carbonyl (C=O) groups is 2. The standard InChI is InChI=1S/C13H16BNO5/c1-13(2,3)20-12(18)15-8-6-5-7(14)10(19-4)9(8)11(16)17/h5-6H,1-4H3,(H,15,18)(H,16,17). The summed E-state index contributed by atoms with van der Waals surface area (Å²) in [6, 6.07) is 2.82. The van der Waals surface area contributed by atoms with Gasteiger partial charge in [-0.3, -0.25) is 5.32 Å². The maximum Gasteiger partial charge on any atom is 0.412 e. The van der Waals surface area contributed by atoms with Crippen LogP contribution in [0.3, 0.4) is 0 Å². The molecule has 1 aromatic rings. The molecule has 2 radical (unpaired) electrons. The number of anilines is 1. The van der Waals surface area contributed by atoms with Gasteiger partial charge in [0, 0.05) is 0 Å². The van der Waals surface area contributed by atoms with E-state index in [-0.39, 0.29) is 22.5 Å². The van der Waals surface area contributed by atoms with Crippen LogP contribution in [0.25, 0.3) is 0 Å². The highest BCUT2D eigenvalue weighted by molar-refractivity contribution is 6.35. The zero-order valence-electron chi connectivity index (χ0n) is 11.8. The third-order valence-corrected chi connectivity index (χ3v) is 2.24. The zero-order chi connectivity index (χ0) is 15.5. The van der Waals surface area contributed by atoms with Gasteiger partial charge >= 0.3 is 12.1 Å². The van der Waals surface area contributed by atoms with Gasteiger partial charge in [0.2, 0.25) is 0 Å². The fourth-order valence-electron chi connectivity index (χ4n) is 1.55. The third kappa shape index (κ3) is 3.91. The predicted octanol–water partition coefficient (Wildman–Crippen LogP) is 1.53. The van der Waals surface area contributed by atoms with E-state index in [2.05, 4.69) is 5.32 Å². The number of carboxylic acid groups (broad SMARTS) is 1. The molecule has 20 heavy (non-hydrogen) atoms. The molecular formula is C13H16BNO5. The number of hydrogen-bond donors (Lipinski definition) is 2. The molecule has 0 bridgehead atoms. The van der Waals surface area contributed by atoms with E-state index < -0.39 is 17.7 Å². The fraction of sp³-hybridized carbons (Fsp3) is 0.385. The Kier molecular flexibility index (Phi) is 4.65. The summed E-state index contributed by atoms with van der Waals surface area (Å²) in [6.45, 7) is 5.11. The van der Waals surface area contributed by atoms with E-state index in [9.17, 15) is 14.7 Å². The molecule has 0 aliphatic heterocycles. The van der Waals surface area contributed by atoms with Gasteiger partial charge in [-0.25, -0.2) is 9.59 Å². The number of ether oxygens (including phenoxy) is 2. The first-order chi connectivity index (χ1) is 9.15. The van der Waals surface area contributed by atoms with Crippen LogP contribution in [0.15, 0.2) is 12.1 Å². The van der Waals surface area contributed by atoms with Gasteiger partial charge < -0.3 is 14.6 Å². The second-order valence-electron chi connectivity index (χ2n) is 5.04. The lowest BCUT2D eigenvalue weighted by molar-refractivity contribution is 0.0636. The molecule has 1 amide bonds. The quantitative estimate of drug-likeness (QED) is 0.818. The number of nitrogens with one attached hydrogen (secondary N) is 1. The van der Waals surface area contributed by atoms with E-state index in [0.717, 1.165) is 0 Å². The summed E-state index contributed by atoms with van der Waals surface area (Å²) in [6.07, 6.45) is -0.758. The minimum Gasteiger partial charge on any atom is -0.496 e. The minimum absolute atomic E-state index is 0.00828. The highest BCUT2D eigenvalue weighted by Crippen LogP contribution is 2.25. The normalized spacial score (nSPS) is 10.8. The van der Waals surface area contributed by atoms with Crippen LogP contribution >= 0.6 is 0 Å². The summed E-state index contributed by atoms with van der Waals surface area (Å²) in [5.41, 5.74) is -0.693. The van der Waals surface area contributed by atoms with Crippen LogP contribution in [0, 0.1) is 0 Å². The van der Waals surface area contributed by atoms with Crippen LogP contribution in [-0.4, -0.2) is 37.7 Å². The first-order valence-corrected chi connectivity index (χ1v) is 5.85. The molecule has 0 aromatic heterocycles. The summed E-state index contributed by atoms with van der Waals surface area (Å²) in [5, 5.41) is 11.6. The van der Waals surface area contributed by atoms with Crippen molar-refractivity contribution in [2.75, 3.05) is 12.4 Å². The SMILES string of the molecule is [B]c1ccc(NC(=O)OC(C)(C)C)c(C(=O)O)c1OC. The summed E-state index contributed by atoms with van der Waals surface area (Å²) in [4.78, 5) is 23.0. The summed E-state index contributed by atoms with van der Waals surface area (Å²) in [5.74, 6) is -1.27. The van der Waals surface area contributed by atoms with E-state index in [4.69, 9.17) is 17.3 Å². The summed E-state index contributed by atoms with van der Waals surface area (Å²) < 4.78 is 10.0. The van der Waals surface area contributed by atoms with Crippen molar-refractivity contribution in [1.82, 2.24) is 0 Å². The lowest BCUT2D eigenvalue weighted by atomic mass is 9.91. The largest absolute Gasteiger partial charge is 0.496 e. The van der Waals surface area contributed by atoms with Crippen molar-refractivity contribution in [1.29, 1.82) is 0 Å². The second kappa shape index (κ2) is 5.86. The molecule has 0 aliphatic rings. The molecule has 0 unspecified atom stereocenters. The smallest absolute Gasteiger partial charge is 0.412 e. The van der Waals surface area contributed by atoms with Crippen LogP contribution in [0.5, 0.6) is 5.75 Å². The Labute approximate surface area is 118 Å². The number of benzene rings is 1. The molecule has 0 saturated heterocycles. The fourth-order valence-corrected chi connectivity index (χ4v) is 1.55. The van der Waals surface area contributed by atoms with Gasteiger partial charge in [-0.2, -0.15) is 0 Å². The number of carboxylic acids is 1. The Bertz CT molecular complexity index is 536. The molecule has 0 aliphatic carbocycles. The van der Waals surface area contributed by atoms with Crippen molar-refractivity contribution in [2.45, 2.75) is 26.4 Å². The Hall–Kier alpha value is -2.18. The predicted molar refractivity (Wildman–Crippen MR) is 75.2 cm³/mol. The number of methoxy groups -OCH3 is 1.